The molecule has 1 atom stereocenters. The van der Waals surface area contributed by atoms with Crippen LogP contribution >= 0.6 is 23.7 Å². The molecule has 1 saturated heterocycles. The van der Waals surface area contributed by atoms with Crippen LogP contribution in [0, 0.1) is 4.51 Å². The summed E-state index contributed by atoms with van der Waals surface area (Å²) in [6.45, 7) is 14.6. The molecule has 1 unspecified atom stereocenters. The smallest absolute Gasteiger partial charge is 0.410 e. The third-order valence-electron chi connectivity index (χ3n) is 6.23. The monoisotopic (exact) mass is 562 g/mol. The van der Waals surface area contributed by atoms with Gasteiger partial charge in [0, 0.05) is 60.4 Å². The summed E-state index contributed by atoms with van der Waals surface area (Å²) in [6, 6.07) is 10.8. The van der Waals surface area contributed by atoms with Crippen LogP contribution in [-0.4, -0.2) is 63.0 Å². The molecule has 2 aliphatic rings. The van der Waals surface area contributed by atoms with E-state index in [1.807, 2.05) is 26.8 Å². The number of fused-ring (bicyclic) bond motifs is 2. The van der Waals surface area contributed by atoms with E-state index in [2.05, 4.69) is 62.7 Å². The minimum absolute atomic E-state index is 0.254. The summed E-state index contributed by atoms with van der Waals surface area (Å²) in [4.78, 5) is 25.0. The maximum Gasteiger partial charge on any atom is 0.410 e. The summed E-state index contributed by atoms with van der Waals surface area (Å²) < 4.78 is 12.5. The minimum atomic E-state index is -0.493. The zero-order valence-corrected chi connectivity index (χ0v) is 23.8. The van der Waals surface area contributed by atoms with Gasteiger partial charge in [-0.3, -0.25) is 0 Å². The van der Waals surface area contributed by atoms with E-state index in [1.54, 1.807) is 12.0 Å². The number of benzene rings is 2. The van der Waals surface area contributed by atoms with Crippen LogP contribution in [-0.2, 0) is 4.74 Å². The zero-order chi connectivity index (χ0) is 25.3. The molecule has 35 heavy (non-hydrogen) atoms. The predicted octanol–water partition coefficient (Wildman–Crippen LogP) is 5.75. The van der Waals surface area contributed by atoms with Crippen molar-refractivity contribution >= 4 is 46.9 Å². The number of amides is 1. The average molecular weight is 564 g/mol. The van der Waals surface area contributed by atoms with Crippen LogP contribution in [0.1, 0.15) is 34.6 Å². The van der Waals surface area contributed by atoms with Gasteiger partial charge in [-0.15, -0.1) is 0 Å². The molecule has 0 N–H and O–H groups in total. The summed E-state index contributed by atoms with van der Waals surface area (Å²) in [5.41, 5.74) is 2.69. The highest BCUT2D eigenvalue weighted by atomic mass is 79.9. The second kappa shape index (κ2) is 10.4. The van der Waals surface area contributed by atoms with Crippen molar-refractivity contribution in [1.82, 2.24) is 4.90 Å². The Bertz CT molecular complexity index is 1230. The van der Waals surface area contributed by atoms with E-state index >= 15 is 0 Å². The number of halogens is 1. The fourth-order valence-corrected chi connectivity index (χ4v) is 7.23. The number of carbonyl (C=O) groups excluding carboxylic acids is 1. The Labute approximate surface area is 217 Å². The number of hydrogen-bond donors (Lipinski definition) is 0. The molecule has 9 heteroatoms. The van der Waals surface area contributed by atoms with Crippen molar-refractivity contribution in [1.29, 1.82) is 0 Å². The fraction of sp³-hybridized carbons (Fsp3) is 0.500. The standard InChI is InChI=1S/C26H35BrN4O3S/c1-7-29(8-2)18-9-10-19-23(15-18)35(27)24-17-21(22(33-6)16-20(24)28-19)30-11-13-31(14-12-30)25(32)34-26(3,4)5/h9-10,15-17H,7-8,11-14H2,1-6H3. The first-order chi connectivity index (χ1) is 16.6. The molecule has 0 bridgehead atoms. The van der Waals surface area contributed by atoms with E-state index in [4.69, 9.17) is 14.5 Å². The largest absolute Gasteiger partial charge is 0.495 e. The van der Waals surface area contributed by atoms with Gasteiger partial charge in [-0.25, -0.2) is 9.79 Å². The number of rotatable bonds is 5. The highest BCUT2D eigenvalue weighted by Gasteiger charge is 2.28. The third kappa shape index (κ3) is 5.45. The second-order valence-corrected chi connectivity index (χ2v) is 13.0. The van der Waals surface area contributed by atoms with E-state index < -0.39 is 5.60 Å². The van der Waals surface area contributed by atoms with E-state index in [-0.39, 0.29) is 15.0 Å². The van der Waals surface area contributed by atoms with Crippen LogP contribution in [0.3, 0.4) is 0 Å². The first kappa shape index (κ1) is 25.8. The predicted molar refractivity (Wildman–Crippen MR) is 147 cm³/mol. The number of nitrogens with zero attached hydrogens (tertiary/aromatic N) is 4. The number of hydrogen-bond acceptors (Lipinski definition) is 6. The summed E-state index contributed by atoms with van der Waals surface area (Å²) in [7, 11) is 1.40. The zero-order valence-electron chi connectivity index (χ0n) is 21.4. The summed E-state index contributed by atoms with van der Waals surface area (Å²) in [5.74, 6) is 0.797. The lowest BCUT2D eigenvalue weighted by Crippen LogP contribution is -2.50. The van der Waals surface area contributed by atoms with Crippen molar-refractivity contribution in [3.8, 4) is 5.75 Å². The Hall–Kier alpha value is -2.26. The highest BCUT2D eigenvalue weighted by Crippen LogP contribution is 2.48. The number of piperazine rings is 1. The Balaban J connectivity index is 1.64. The molecule has 2 heterocycles. The van der Waals surface area contributed by atoms with E-state index in [0.29, 0.717) is 26.2 Å². The lowest BCUT2D eigenvalue weighted by atomic mass is 10.2. The molecule has 1 fully saturated rings. The molecule has 1 amide bonds. The quantitative estimate of drug-likeness (QED) is 0.434. The van der Waals surface area contributed by atoms with Gasteiger partial charge in [0.2, 0.25) is 0 Å². The van der Waals surface area contributed by atoms with Gasteiger partial charge >= 0.3 is 6.09 Å². The third-order valence-corrected chi connectivity index (χ3v) is 9.75. The van der Waals surface area contributed by atoms with Gasteiger partial charge in [0.15, 0.2) is 0 Å². The molecule has 2 aromatic carbocycles. The summed E-state index contributed by atoms with van der Waals surface area (Å²) >= 11 is 3.99. The SMILES string of the molecule is CCN(CC)c1ccc2c(c1)=S(Br)c1cc(N3CCN(C(=O)OC(C)(C)C)CC3)c(OC)cc1N=2. The first-order valence-corrected chi connectivity index (χ1v) is 15.2. The molecule has 7 nitrogen and oxygen atoms in total. The molecular weight excluding hydrogens is 528 g/mol. The molecule has 0 aromatic heterocycles. The molecule has 0 radical (unpaired) electrons. The van der Waals surface area contributed by atoms with Gasteiger partial charge in [0.25, 0.3) is 0 Å². The van der Waals surface area contributed by atoms with E-state index in [0.717, 1.165) is 40.5 Å². The number of ether oxygens (including phenoxy) is 2. The van der Waals surface area contributed by atoms with E-state index in [9.17, 15) is 4.79 Å². The molecule has 190 valence electrons. The number of anilines is 2. The van der Waals surface area contributed by atoms with Gasteiger partial charge in [0.05, 0.1) is 23.8 Å². The van der Waals surface area contributed by atoms with Gasteiger partial charge in [0.1, 0.15) is 11.4 Å². The van der Waals surface area contributed by atoms with Crippen LogP contribution in [0.4, 0.5) is 21.9 Å². The summed E-state index contributed by atoms with van der Waals surface area (Å²) in [6.07, 6.45) is -0.254. The number of methoxy groups -OCH3 is 1. The minimum Gasteiger partial charge on any atom is -0.495 e. The molecular formula is C26H35BrN4O3S. The Kier molecular flexibility index (Phi) is 7.66. The molecule has 2 aromatic rings. The molecule has 0 spiro atoms. The van der Waals surface area contributed by atoms with Crippen molar-refractivity contribution in [2.75, 3.05) is 56.2 Å². The lowest BCUT2D eigenvalue weighted by molar-refractivity contribution is 0.0240. The molecule has 2 aliphatic heterocycles. The van der Waals surface area contributed by atoms with Gasteiger partial charge in [-0.1, -0.05) is 8.92 Å². The van der Waals surface area contributed by atoms with Gasteiger partial charge in [-0.05, 0) is 73.7 Å². The van der Waals surface area contributed by atoms with Crippen molar-refractivity contribution in [2.24, 2.45) is 4.99 Å². The highest BCUT2D eigenvalue weighted by molar-refractivity contribution is 9.52. The van der Waals surface area contributed by atoms with Crippen LogP contribution in [0.15, 0.2) is 40.2 Å². The van der Waals surface area contributed by atoms with Crippen molar-refractivity contribution < 1.29 is 14.3 Å². The van der Waals surface area contributed by atoms with Crippen molar-refractivity contribution in [3.05, 3.63) is 40.2 Å². The maximum absolute atomic E-state index is 12.5. The summed E-state index contributed by atoms with van der Waals surface area (Å²) in [5, 5.41) is 0.995. The Morgan fingerprint density at radius 2 is 1.80 bits per heavy atom. The Morgan fingerprint density at radius 3 is 2.40 bits per heavy atom. The van der Waals surface area contributed by atoms with Crippen molar-refractivity contribution in [3.63, 3.8) is 0 Å². The van der Waals surface area contributed by atoms with Gasteiger partial charge in [-0.2, -0.15) is 0 Å². The van der Waals surface area contributed by atoms with Crippen LogP contribution in [0.2, 0.25) is 0 Å². The molecule has 0 saturated carbocycles. The molecule has 4 rings (SSSR count). The van der Waals surface area contributed by atoms with Crippen LogP contribution < -0.4 is 19.9 Å². The maximum atomic E-state index is 12.5. The molecule has 0 aliphatic carbocycles. The van der Waals surface area contributed by atoms with Crippen molar-refractivity contribution in [2.45, 2.75) is 45.1 Å². The average Bonchev–Trinajstić information content (AvgIpc) is 2.83. The normalized spacial score (nSPS) is 17.3. The van der Waals surface area contributed by atoms with Crippen LogP contribution in [0.5, 0.6) is 5.75 Å². The topological polar surface area (TPSA) is 57.6 Å². The first-order valence-electron chi connectivity index (χ1n) is 12.1. The van der Waals surface area contributed by atoms with Crippen LogP contribution in [0.25, 0.3) is 0 Å². The van der Waals surface area contributed by atoms with Gasteiger partial charge < -0.3 is 24.2 Å². The number of carbonyl (C=O) groups is 1. The second-order valence-electron chi connectivity index (χ2n) is 9.64. The fourth-order valence-electron chi connectivity index (χ4n) is 4.41. The lowest BCUT2D eigenvalue weighted by Gasteiger charge is -2.37. The Morgan fingerprint density at radius 1 is 1.11 bits per heavy atom. The van der Waals surface area contributed by atoms with E-state index in [1.165, 1.54) is 10.2 Å².